The smallest absolute Gasteiger partial charge is 0.319 e. The van der Waals surface area contributed by atoms with Crippen LogP contribution in [0.1, 0.15) is 11.7 Å². The number of methoxy groups -OCH3 is 2. The fraction of sp³-hybridized carbons (Fsp3) is 0.500. The third-order valence-corrected chi connectivity index (χ3v) is 3.49. The lowest BCUT2D eigenvalue weighted by Gasteiger charge is -2.21. The number of amides is 2. The van der Waals surface area contributed by atoms with Crippen molar-refractivity contribution in [3.8, 4) is 11.5 Å². The van der Waals surface area contributed by atoms with Crippen molar-refractivity contribution in [1.82, 2.24) is 9.80 Å². The first kappa shape index (κ1) is 14.5. The minimum Gasteiger partial charge on any atom is -0.497 e. The second-order valence-electron chi connectivity index (χ2n) is 4.77. The van der Waals surface area contributed by atoms with Gasteiger partial charge in [0, 0.05) is 25.7 Å². The molecule has 2 amide bonds. The number of ether oxygens (including phenoxy) is 2. The average Bonchev–Trinajstić information content (AvgIpc) is 2.78. The normalized spacial score (nSPS) is 16.5. The number of hydrogen-bond acceptors (Lipinski definition) is 4. The summed E-state index contributed by atoms with van der Waals surface area (Å²) in [7, 11) is 4.87. The number of urea groups is 1. The second kappa shape index (κ2) is 6.00. The molecule has 1 aromatic carbocycles. The molecule has 1 aliphatic heterocycles. The number of carbonyl (C=O) groups is 1. The molecule has 1 aromatic rings. The van der Waals surface area contributed by atoms with Crippen LogP contribution in [0.25, 0.3) is 0 Å². The van der Waals surface area contributed by atoms with E-state index in [1.54, 1.807) is 49.3 Å². The van der Waals surface area contributed by atoms with Gasteiger partial charge in [-0.3, -0.25) is 0 Å². The highest BCUT2D eigenvalue weighted by atomic mass is 16.5. The van der Waals surface area contributed by atoms with Crippen molar-refractivity contribution in [1.29, 1.82) is 0 Å². The Labute approximate surface area is 118 Å². The van der Waals surface area contributed by atoms with Gasteiger partial charge in [0.25, 0.3) is 0 Å². The van der Waals surface area contributed by atoms with Crippen LogP contribution in [0.4, 0.5) is 4.79 Å². The van der Waals surface area contributed by atoms with Crippen LogP contribution in [-0.2, 0) is 0 Å². The van der Waals surface area contributed by atoms with E-state index in [9.17, 15) is 9.90 Å². The molecular formula is C14H20N2O4. The predicted molar refractivity (Wildman–Crippen MR) is 74.1 cm³/mol. The Hall–Kier alpha value is -1.95. The number of aliphatic hydroxyl groups is 1. The van der Waals surface area contributed by atoms with Crippen LogP contribution in [0.2, 0.25) is 0 Å². The Morgan fingerprint density at radius 1 is 1.30 bits per heavy atom. The third-order valence-electron chi connectivity index (χ3n) is 3.49. The Morgan fingerprint density at radius 3 is 2.60 bits per heavy atom. The first-order valence-electron chi connectivity index (χ1n) is 6.47. The summed E-state index contributed by atoms with van der Waals surface area (Å²) in [5, 5.41) is 10.4. The van der Waals surface area contributed by atoms with Crippen molar-refractivity contribution in [2.24, 2.45) is 0 Å². The van der Waals surface area contributed by atoms with Gasteiger partial charge in [0.15, 0.2) is 0 Å². The lowest BCUT2D eigenvalue weighted by molar-refractivity contribution is 0.126. The van der Waals surface area contributed by atoms with E-state index in [-0.39, 0.29) is 12.6 Å². The van der Waals surface area contributed by atoms with Gasteiger partial charge in [0.1, 0.15) is 17.6 Å². The summed E-state index contributed by atoms with van der Waals surface area (Å²) in [4.78, 5) is 15.1. The molecule has 0 bridgehead atoms. The first-order chi connectivity index (χ1) is 9.56. The summed E-state index contributed by atoms with van der Waals surface area (Å²) in [6.07, 6.45) is -0.810. The van der Waals surface area contributed by atoms with Crippen LogP contribution in [0.3, 0.4) is 0 Å². The van der Waals surface area contributed by atoms with Gasteiger partial charge in [0.2, 0.25) is 0 Å². The van der Waals surface area contributed by atoms with E-state index >= 15 is 0 Å². The van der Waals surface area contributed by atoms with Crippen LogP contribution >= 0.6 is 0 Å². The van der Waals surface area contributed by atoms with E-state index < -0.39 is 6.10 Å². The molecule has 0 aromatic heterocycles. The minimum absolute atomic E-state index is 0.0640. The Kier molecular flexibility index (Phi) is 4.34. The molecule has 1 atom stereocenters. The van der Waals surface area contributed by atoms with Crippen LogP contribution in [-0.4, -0.2) is 61.8 Å². The fourth-order valence-electron chi connectivity index (χ4n) is 2.28. The van der Waals surface area contributed by atoms with Crippen molar-refractivity contribution in [2.45, 2.75) is 6.10 Å². The van der Waals surface area contributed by atoms with Gasteiger partial charge in [-0.25, -0.2) is 4.79 Å². The summed E-state index contributed by atoms with van der Waals surface area (Å²) in [5.41, 5.74) is 0.620. The molecule has 1 saturated heterocycles. The lowest BCUT2D eigenvalue weighted by atomic mass is 10.1. The molecule has 110 valence electrons. The molecule has 6 nitrogen and oxygen atoms in total. The van der Waals surface area contributed by atoms with E-state index in [1.807, 2.05) is 0 Å². The molecule has 0 saturated carbocycles. The van der Waals surface area contributed by atoms with E-state index in [2.05, 4.69) is 0 Å². The number of β-amino-alcohol motifs (C(OH)–C–C–N with tert-alkyl or cyclic N) is 1. The average molecular weight is 280 g/mol. The maximum atomic E-state index is 11.8. The van der Waals surface area contributed by atoms with Crippen molar-refractivity contribution in [3.63, 3.8) is 0 Å². The SMILES string of the molecule is COc1ccc(OC)c(C(O)CN2CCN(C)C2=O)c1. The fourth-order valence-corrected chi connectivity index (χ4v) is 2.28. The summed E-state index contributed by atoms with van der Waals surface area (Å²) < 4.78 is 10.4. The van der Waals surface area contributed by atoms with Gasteiger partial charge < -0.3 is 24.4 Å². The van der Waals surface area contributed by atoms with Crippen molar-refractivity contribution in [2.75, 3.05) is 40.9 Å². The maximum Gasteiger partial charge on any atom is 0.319 e. The van der Waals surface area contributed by atoms with Gasteiger partial charge in [-0.2, -0.15) is 0 Å². The quantitative estimate of drug-likeness (QED) is 0.877. The minimum atomic E-state index is -0.810. The van der Waals surface area contributed by atoms with Gasteiger partial charge in [-0.15, -0.1) is 0 Å². The van der Waals surface area contributed by atoms with Crippen LogP contribution in [0, 0.1) is 0 Å². The summed E-state index contributed by atoms with van der Waals surface area (Å²) in [6.45, 7) is 1.55. The maximum absolute atomic E-state index is 11.8. The van der Waals surface area contributed by atoms with Crippen LogP contribution < -0.4 is 9.47 Å². The third kappa shape index (κ3) is 2.80. The zero-order chi connectivity index (χ0) is 14.7. The predicted octanol–water partition coefficient (Wildman–Crippen LogP) is 1.10. The number of aliphatic hydroxyl groups excluding tert-OH is 1. The first-order valence-corrected chi connectivity index (χ1v) is 6.47. The van der Waals surface area contributed by atoms with Crippen molar-refractivity contribution >= 4 is 6.03 Å². The van der Waals surface area contributed by atoms with Gasteiger partial charge in [-0.05, 0) is 18.2 Å². The molecule has 6 heteroatoms. The summed E-state index contributed by atoms with van der Waals surface area (Å²) in [6, 6.07) is 5.18. The number of likely N-dealkylation sites (N-methyl/N-ethyl adjacent to an activating group) is 1. The van der Waals surface area contributed by atoms with E-state index in [0.29, 0.717) is 30.2 Å². The van der Waals surface area contributed by atoms with E-state index in [0.717, 1.165) is 0 Å². The molecular weight excluding hydrogens is 260 g/mol. The topological polar surface area (TPSA) is 62.2 Å². The Balaban J connectivity index is 2.16. The number of benzene rings is 1. The van der Waals surface area contributed by atoms with Gasteiger partial charge in [-0.1, -0.05) is 0 Å². The standard InChI is InChI=1S/C14H20N2O4/c1-15-6-7-16(14(15)18)9-12(17)11-8-10(19-2)4-5-13(11)20-3/h4-5,8,12,17H,6-7,9H2,1-3H3. The van der Waals surface area contributed by atoms with Crippen molar-refractivity contribution in [3.05, 3.63) is 23.8 Å². The largest absolute Gasteiger partial charge is 0.497 e. The van der Waals surface area contributed by atoms with Crippen LogP contribution in [0.5, 0.6) is 11.5 Å². The van der Waals surface area contributed by atoms with E-state index in [1.165, 1.54) is 0 Å². The molecule has 1 heterocycles. The molecule has 1 fully saturated rings. The highest BCUT2D eigenvalue weighted by Gasteiger charge is 2.28. The molecule has 0 aliphatic carbocycles. The van der Waals surface area contributed by atoms with Crippen LogP contribution in [0.15, 0.2) is 18.2 Å². The zero-order valence-electron chi connectivity index (χ0n) is 12.0. The lowest BCUT2D eigenvalue weighted by Crippen LogP contribution is -2.33. The van der Waals surface area contributed by atoms with Gasteiger partial charge in [0.05, 0.1) is 20.8 Å². The van der Waals surface area contributed by atoms with Crippen molar-refractivity contribution < 1.29 is 19.4 Å². The van der Waals surface area contributed by atoms with E-state index in [4.69, 9.17) is 9.47 Å². The molecule has 0 radical (unpaired) electrons. The van der Waals surface area contributed by atoms with Gasteiger partial charge >= 0.3 is 6.03 Å². The molecule has 2 rings (SSSR count). The number of nitrogens with zero attached hydrogens (tertiary/aromatic N) is 2. The monoisotopic (exact) mass is 280 g/mol. The summed E-state index contributed by atoms with van der Waals surface area (Å²) >= 11 is 0. The molecule has 1 aliphatic rings. The molecule has 1 N–H and O–H groups in total. The zero-order valence-corrected chi connectivity index (χ0v) is 12.0. The molecule has 0 spiro atoms. The number of hydrogen-bond donors (Lipinski definition) is 1. The summed E-state index contributed by atoms with van der Waals surface area (Å²) in [5.74, 6) is 1.23. The molecule has 20 heavy (non-hydrogen) atoms. The number of rotatable bonds is 5. The highest BCUT2D eigenvalue weighted by Crippen LogP contribution is 2.30. The highest BCUT2D eigenvalue weighted by molar-refractivity contribution is 5.76. The second-order valence-corrected chi connectivity index (χ2v) is 4.77. The number of carbonyl (C=O) groups excluding carboxylic acids is 1. The Bertz CT molecular complexity index is 492. The molecule has 1 unspecified atom stereocenters. The Morgan fingerprint density at radius 2 is 2.05 bits per heavy atom.